The van der Waals surface area contributed by atoms with Crippen LogP contribution in [0.4, 0.5) is 5.69 Å². The Morgan fingerprint density at radius 3 is 2.59 bits per heavy atom. The molecule has 2 aromatic carbocycles. The van der Waals surface area contributed by atoms with Crippen molar-refractivity contribution in [3.8, 4) is 11.5 Å². The number of anilines is 1. The van der Waals surface area contributed by atoms with Crippen molar-refractivity contribution in [3.05, 3.63) is 97.2 Å². The Balaban J connectivity index is 1.79. The van der Waals surface area contributed by atoms with Gasteiger partial charge in [0.1, 0.15) is 11.1 Å². The van der Waals surface area contributed by atoms with E-state index in [1.165, 1.54) is 30.7 Å². The largest absolute Gasteiger partial charge is 0.493 e. The fourth-order valence-electron chi connectivity index (χ4n) is 5.07. The van der Waals surface area contributed by atoms with Crippen molar-refractivity contribution in [2.24, 2.45) is 4.99 Å². The SMILES string of the molecule is C=CCOC(=O)C1=C(C)N=c2s/c(=C3\C(=O)N(CC)c4ccccc43)c(=O)n2C1c1ccc(OC(C)=O)c(OC)c1. The van der Waals surface area contributed by atoms with E-state index in [2.05, 4.69) is 11.6 Å². The summed E-state index contributed by atoms with van der Waals surface area (Å²) in [5, 5.41) is 0. The van der Waals surface area contributed by atoms with Gasteiger partial charge in [-0.05, 0) is 37.6 Å². The van der Waals surface area contributed by atoms with Crippen LogP contribution in [0.1, 0.15) is 37.9 Å². The van der Waals surface area contributed by atoms with E-state index in [0.717, 1.165) is 17.0 Å². The zero-order valence-electron chi connectivity index (χ0n) is 22.9. The molecule has 0 fully saturated rings. The third-order valence-electron chi connectivity index (χ3n) is 6.77. The number of rotatable bonds is 7. The van der Waals surface area contributed by atoms with E-state index in [9.17, 15) is 19.2 Å². The highest BCUT2D eigenvalue weighted by Gasteiger charge is 2.37. The van der Waals surface area contributed by atoms with Gasteiger partial charge in [0, 0.05) is 19.0 Å². The van der Waals surface area contributed by atoms with Crippen LogP contribution in [0.3, 0.4) is 0 Å². The number of thiazole rings is 1. The molecule has 0 N–H and O–H groups in total. The van der Waals surface area contributed by atoms with E-state index in [1.807, 2.05) is 31.2 Å². The maximum atomic E-state index is 14.2. The Bertz CT molecular complexity index is 1830. The zero-order chi connectivity index (χ0) is 29.4. The monoisotopic (exact) mass is 573 g/mol. The molecule has 2 aliphatic rings. The van der Waals surface area contributed by atoms with Crippen LogP contribution in [-0.2, 0) is 19.1 Å². The number of amides is 1. The third-order valence-corrected chi connectivity index (χ3v) is 7.83. The van der Waals surface area contributed by atoms with Crippen LogP contribution in [0.15, 0.2) is 76.2 Å². The molecule has 0 bridgehead atoms. The predicted octanol–water partition coefficient (Wildman–Crippen LogP) is 2.64. The summed E-state index contributed by atoms with van der Waals surface area (Å²) in [7, 11) is 1.42. The van der Waals surface area contributed by atoms with E-state index < -0.39 is 23.5 Å². The molecule has 1 aromatic heterocycles. The molecule has 3 aromatic rings. The topological polar surface area (TPSA) is 117 Å². The summed E-state index contributed by atoms with van der Waals surface area (Å²) in [4.78, 5) is 59.2. The number of allylic oxidation sites excluding steroid dienone is 1. The minimum atomic E-state index is -0.966. The van der Waals surface area contributed by atoms with Gasteiger partial charge in [-0.15, -0.1) is 0 Å². The second-order valence-electron chi connectivity index (χ2n) is 9.23. The highest BCUT2D eigenvalue weighted by Crippen LogP contribution is 2.37. The van der Waals surface area contributed by atoms with Gasteiger partial charge in [0.2, 0.25) is 0 Å². The van der Waals surface area contributed by atoms with Crippen molar-refractivity contribution >= 4 is 40.4 Å². The minimum absolute atomic E-state index is 0.0379. The lowest BCUT2D eigenvalue weighted by molar-refractivity contribution is -0.138. The number of ether oxygens (including phenoxy) is 3. The molecule has 2 aliphatic heterocycles. The Morgan fingerprint density at radius 1 is 1.15 bits per heavy atom. The number of nitrogens with zero attached hydrogens (tertiary/aromatic N) is 3. The molecule has 1 amide bonds. The lowest BCUT2D eigenvalue weighted by Crippen LogP contribution is -2.41. The van der Waals surface area contributed by atoms with E-state index >= 15 is 0 Å². The molecule has 3 heterocycles. The van der Waals surface area contributed by atoms with Crippen molar-refractivity contribution in [1.29, 1.82) is 0 Å². The number of methoxy groups -OCH3 is 1. The molecule has 1 atom stereocenters. The second-order valence-corrected chi connectivity index (χ2v) is 10.2. The van der Waals surface area contributed by atoms with Crippen LogP contribution in [0.2, 0.25) is 0 Å². The van der Waals surface area contributed by atoms with Gasteiger partial charge in [-0.3, -0.25) is 19.0 Å². The van der Waals surface area contributed by atoms with E-state index in [1.54, 1.807) is 24.0 Å². The molecule has 0 spiro atoms. The standard InChI is InChI=1S/C30H27N3O7S/c1-6-14-39-29(37)23-16(3)31-30-33(25(23)18-12-13-21(40-17(4)34)22(15-18)38-5)28(36)26(41-30)24-19-10-8-9-11-20(19)32(7-2)27(24)35/h6,8-13,15,25H,1,7,14H2,2-5H3/b26-24-. The third kappa shape index (κ3) is 4.67. The smallest absolute Gasteiger partial charge is 0.338 e. The van der Waals surface area contributed by atoms with Crippen LogP contribution in [0, 0.1) is 0 Å². The Labute approximate surface area is 239 Å². The molecular weight excluding hydrogens is 546 g/mol. The molecule has 10 nitrogen and oxygen atoms in total. The number of aromatic nitrogens is 1. The Hall–Kier alpha value is -4.77. The Morgan fingerprint density at radius 2 is 1.90 bits per heavy atom. The number of likely N-dealkylation sites (N-methyl/N-ethyl adjacent to an activating group) is 1. The number of hydrogen-bond donors (Lipinski definition) is 0. The average molecular weight is 574 g/mol. The van der Waals surface area contributed by atoms with Gasteiger partial charge in [-0.25, -0.2) is 9.79 Å². The fourth-order valence-corrected chi connectivity index (χ4v) is 6.20. The lowest BCUT2D eigenvalue weighted by atomic mass is 9.95. The summed E-state index contributed by atoms with van der Waals surface area (Å²) in [5.74, 6) is -1.06. The first-order chi connectivity index (χ1) is 19.7. The molecule has 0 saturated heterocycles. The van der Waals surface area contributed by atoms with Gasteiger partial charge in [-0.2, -0.15) is 0 Å². The van der Waals surface area contributed by atoms with Crippen LogP contribution < -0.4 is 29.3 Å². The first-order valence-electron chi connectivity index (χ1n) is 12.8. The highest BCUT2D eigenvalue weighted by atomic mass is 32.1. The van der Waals surface area contributed by atoms with E-state index in [0.29, 0.717) is 33.7 Å². The Kier molecular flexibility index (Phi) is 7.46. The number of carbonyl (C=O) groups is 3. The molecular formula is C30H27N3O7S. The first kappa shape index (κ1) is 27.8. The van der Waals surface area contributed by atoms with Crippen molar-refractivity contribution in [2.75, 3.05) is 25.2 Å². The summed E-state index contributed by atoms with van der Waals surface area (Å²) in [6.45, 7) is 8.81. The molecule has 210 valence electrons. The quantitative estimate of drug-likeness (QED) is 0.242. The first-order valence-corrected chi connectivity index (χ1v) is 13.6. The number of hydrogen-bond acceptors (Lipinski definition) is 9. The van der Waals surface area contributed by atoms with E-state index in [4.69, 9.17) is 14.2 Å². The minimum Gasteiger partial charge on any atom is -0.493 e. The molecule has 0 saturated carbocycles. The van der Waals surface area contributed by atoms with Gasteiger partial charge in [-0.1, -0.05) is 48.3 Å². The molecule has 11 heteroatoms. The summed E-state index contributed by atoms with van der Waals surface area (Å²) < 4.78 is 17.7. The maximum absolute atomic E-state index is 14.2. The number of fused-ring (bicyclic) bond motifs is 2. The van der Waals surface area contributed by atoms with Gasteiger partial charge in [0.15, 0.2) is 16.3 Å². The predicted molar refractivity (Wildman–Crippen MR) is 153 cm³/mol. The van der Waals surface area contributed by atoms with Crippen LogP contribution in [0.5, 0.6) is 11.5 Å². The van der Waals surface area contributed by atoms with Crippen molar-refractivity contribution in [3.63, 3.8) is 0 Å². The molecule has 5 rings (SSSR count). The molecule has 41 heavy (non-hydrogen) atoms. The van der Waals surface area contributed by atoms with Crippen molar-refractivity contribution in [2.45, 2.75) is 26.8 Å². The van der Waals surface area contributed by atoms with Crippen molar-refractivity contribution in [1.82, 2.24) is 4.57 Å². The van der Waals surface area contributed by atoms with Crippen molar-refractivity contribution < 1.29 is 28.6 Å². The summed E-state index contributed by atoms with van der Waals surface area (Å²) in [5.41, 5.74) is 2.21. The van der Waals surface area contributed by atoms with Crippen LogP contribution >= 0.6 is 11.3 Å². The van der Waals surface area contributed by atoms with Gasteiger partial charge >= 0.3 is 11.9 Å². The normalized spacial score (nSPS) is 17.0. The number of para-hydroxylation sites is 1. The summed E-state index contributed by atoms with van der Waals surface area (Å²) >= 11 is 1.09. The number of benzene rings is 2. The number of carbonyl (C=O) groups excluding carboxylic acids is 3. The fraction of sp³-hybridized carbons (Fsp3) is 0.233. The van der Waals surface area contributed by atoms with Crippen LogP contribution in [0.25, 0.3) is 5.57 Å². The molecule has 0 aliphatic carbocycles. The van der Waals surface area contributed by atoms with Gasteiger partial charge in [0.05, 0.1) is 35.7 Å². The molecule has 0 radical (unpaired) electrons. The number of esters is 2. The van der Waals surface area contributed by atoms with E-state index in [-0.39, 0.29) is 34.1 Å². The van der Waals surface area contributed by atoms with Gasteiger partial charge in [0.25, 0.3) is 11.5 Å². The zero-order valence-corrected chi connectivity index (χ0v) is 23.7. The van der Waals surface area contributed by atoms with Crippen LogP contribution in [-0.4, -0.2) is 42.7 Å². The average Bonchev–Trinajstić information content (AvgIpc) is 3.42. The lowest BCUT2D eigenvalue weighted by Gasteiger charge is -2.25. The molecule has 1 unspecified atom stereocenters. The van der Waals surface area contributed by atoms with Gasteiger partial charge < -0.3 is 19.1 Å². The highest BCUT2D eigenvalue weighted by molar-refractivity contribution is 7.07. The maximum Gasteiger partial charge on any atom is 0.338 e. The summed E-state index contributed by atoms with van der Waals surface area (Å²) in [6, 6.07) is 11.1. The second kappa shape index (κ2) is 11.0. The summed E-state index contributed by atoms with van der Waals surface area (Å²) in [6.07, 6.45) is 1.44.